The molecule has 0 aliphatic heterocycles. The van der Waals surface area contributed by atoms with Crippen molar-refractivity contribution in [3.63, 3.8) is 0 Å². The Morgan fingerprint density at radius 3 is 2.45 bits per heavy atom. The van der Waals surface area contributed by atoms with E-state index in [4.69, 9.17) is 16.3 Å². The fraction of sp³-hybridized carbons (Fsp3) is 0.294. The van der Waals surface area contributed by atoms with Gasteiger partial charge in [-0.1, -0.05) is 49.7 Å². The Morgan fingerprint density at radius 1 is 1.05 bits per heavy atom. The Hall–Kier alpha value is -1.51. The van der Waals surface area contributed by atoms with E-state index in [-0.39, 0.29) is 0 Å². The van der Waals surface area contributed by atoms with Gasteiger partial charge in [0.15, 0.2) is 0 Å². The lowest BCUT2D eigenvalue weighted by Gasteiger charge is -2.16. The summed E-state index contributed by atoms with van der Waals surface area (Å²) >= 11 is 6.26. The Balaban J connectivity index is 2.38. The van der Waals surface area contributed by atoms with E-state index in [2.05, 4.69) is 25.2 Å². The molecule has 0 radical (unpaired) electrons. The standard InChI is InChI=1S/C17H20ClNO/c1-12(2)13-7-4-5-9-16(13)20-17-10-6-8-15(18)14(17)11-19-3/h4-10,12,19H,11H2,1-3H3. The molecule has 0 aliphatic carbocycles. The summed E-state index contributed by atoms with van der Waals surface area (Å²) in [6.45, 7) is 5.00. The molecular weight excluding hydrogens is 270 g/mol. The second kappa shape index (κ2) is 6.78. The van der Waals surface area contributed by atoms with Crippen molar-refractivity contribution in [2.75, 3.05) is 7.05 Å². The molecular formula is C17H20ClNO. The van der Waals surface area contributed by atoms with Crippen molar-refractivity contribution in [1.82, 2.24) is 5.32 Å². The van der Waals surface area contributed by atoms with Crippen LogP contribution in [0.15, 0.2) is 42.5 Å². The first-order chi connectivity index (χ1) is 9.63. The summed E-state index contributed by atoms with van der Waals surface area (Å²) in [5.74, 6) is 2.11. The molecule has 0 heterocycles. The number of para-hydroxylation sites is 1. The first-order valence-corrected chi connectivity index (χ1v) is 7.20. The Bertz CT molecular complexity index is 581. The van der Waals surface area contributed by atoms with Crippen LogP contribution in [-0.2, 0) is 6.54 Å². The van der Waals surface area contributed by atoms with Gasteiger partial charge in [-0.05, 0) is 36.7 Å². The van der Waals surface area contributed by atoms with Crippen LogP contribution in [0.25, 0.3) is 0 Å². The fourth-order valence-electron chi connectivity index (χ4n) is 2.15. The van der Waals surface area contributed by atoms with Crippen molar-refractivity contribution >= 4 is 11.6 Å². The third-order valence-corrected chi connectivity index (χ3v) is 3.54. The Morgan fingerprint density at radius 2 is 1.75 bits per heavy atom. The summed E-state index contributed by atoms with van der Waals surface area (Å²) in [4.78, 5) is 0. The zero-order chi connectivity index (χ0) is 14.5. The molecule has 0 aliphatic rings. The number of ether oxygens (including phenoxy) is 1. The largest absolute Gasteiger partial charge is 0.457 e. The zero-order valence-corrected chi connectivity index (χ0v) is 12.9. The average molecular weight is 290 g/mol. The van der Waals surface area contributed by atoms with E-state index >= 15 is 0 Å². The summed E-state index contributed by atoms with van der Waals surface area (Å²) in [5.41, 5.74) is 2.18. The number of rotatable bonds is 5. The van der Waals surface area contributed by atoms with Crippen LogP contribution in [0.5, 0.6) is 11.5 Å². The second-order valence-electron chi connectivity index (χ2n) is 5.04. The van der Waals surface area contributed by atoms with Gasteiger partial charge in [0.2, 0.25) is 0 Å². The summed E-state index contributed by atoms with van der Waals surface area (Å²) in [7, 11) is 1.90. The van der Waals surface area contributed by atoms with E-state index in [1.807, 2.05) is 43.4 Å². The normalized spacial score (nSPS) is 10.8. The summed E-state index contributed by atoms with van der Waals surface area (Å²) in [6, 6.07) is 13.9. The molecule has 0 atom stereocenters. The summed E-state index contributed by atoms with van der Waals surface area (Å²) in [6.07, 6.45) is 0. The number of nitrogens with one attached hydrogen (secondary N) is 1. The maximum Gasteiger partial charge on any atom is 0.133 e. The van der Waals surface area contributed by atoms with E-state index in [9.17, 15) is 0 Å². The van der Waals surface area contributed by atoms with E-state index < -0.39 is 0 Å². The second-order valence-corrected chi connectivity index (χ2v) is 5.45. The quantitative estimate of drug-likeness (QED) is 0.838. The molecule has 20 heavy (non-hydrogen) atoms. The van der Waals surface area contributed by atoms with Gasteiger partial charge in [0, 0.05) is 17.1 Å². The highest BCUT2D eigenvalue weighted by atomic mass is 35.5. The molecule has 0 spiro atoms. The zero-order valence-electron chi connectivity index (χ0n) is 12.1. The molecule has 2 aromatic carbocycles. The smallest absolute Gasteiger partial charge is 0.133 e. The number of hydrogen-bond acceptors (Lipinski definition) is 2. The minimum Gasteiger partial charge on any atom is -0.457 e. The van der Waals surface area contributed by atoms with Crippen molar-refractivity contribution < 1.29 is 4.74 Å². The van der Waals surface area contributed by atoms with Crippen LogP contribution >= 0.6 is 11.6 Å². The van der Waals surface area contributed by atoms with Crippen molar-refractivity contribution in [1.29, 1.82) is 0 Å². The maximum atomic E-state index is 6.26. The highest BCUT2D eigenvalue weighted by Gasteiger charge is 2.12. The van der Waals surface area contributed by atoms with E-state index in [0.29, 0.717) is 12.5 Å². The maximum absolute atomic E-state index is 6.26. The van der Waals surface area contributed by atoms with Crippen molar-refractivity contribution in [3.05, 3.63) is 58.6 Å². The van der Waals surface area contributed by atoms with Gasteiger partial charge in [0.05, 0.1) is 0 Å². The predicted molar refractivity (Wildman–Crippen MR) is 84.8 cm³/mol. The minimum absolute atomic E-state index is 0.415. The van der Waals surface area contributed by atoms with Crippen LogP contribution in [0.3, 0.4) is 0 Å². The van der Waals surface area contributed by atoms with Gasteiger partial charge in [0.1, 0.15) is 11.5 Å². The highest BCUT2D eigenvalue weighted by Crippen LogP contribution is 2.34. The van der Waals surface area contributed by atoms with Crippen LogP contribution in [0, 0.1) is 0 Å². The monoisotopic (exact) mass is 289 g/mol. The molecule has 0 amide bonds. The van der Waals surface area contributed by atoms with Crippen molar-refractivity contribution in [2.24, 2.45) is 0 Å². The van der Waals surface area contributed by atoms with Crippen LogP contribution in [0.1, 0.15) is 30.9 Å². The third-order valence-electron chi connectivity index (χ3n) is 3.19. The molecule has 0 fully saturated rings. The molecule has 0 unspecified atom stereocenters. The predicted octanol–water partition coefficient (Wildman–Crippen LogP) is 4.98. The molecule has 3 heteroatoms. The molecule has 0 saturated heterocycles. The van der Waals surface area contributed by atoms with Crippen LogP contribution in [0.2, 0.25) is 5.02 Å². The first kappa shape index (κ1) is 14.9. The van der Waals surface area contributed by atoms with Gasteiger partial charge in [-0.2, -0.15) is 0 Å². The fourth-order valence-corrected chi connectivity index (χ4v) is 2.38. The molecule has 2 nitrogen and oxygen atoms in total. The number of halogens is 1. The van der Waals surface area contributed by atoms with E-state index in [1.54, 1.807) is 0 Å². The Kier molecular flexibility index (Phi) is 5.05. The van der Waals surface area contributed by atoms with Gasteiger partial charge >= 0.3 is 0 Å². The molecule has 2 rings (SSSR count). The third kappa shape index (κ3) is 3.33. The summed E-state index contributed by atoms with van der Waals surface area (Å²) < 4.78 is 6.11. The highest BCUT2D eigenvalue weighted by molar-refractivity contribution is 6.31. The number of hydrogen-bond donors (Lipinski definition) is 1. The lowest BCUT2D eigenvalue weighted by Crippen LogP contribution is -2.07. The number of benzene rings is 2. The lowest BCUT2D eigenvalue weighted by atomic mass is 10.0. The molecule has 1 N–H and O–H groups in total. The van der Waals surface area contributed by atoms with Crippen LogP contribution in [0.4, 0.5) is 0 Å². The van der Waals surface area contributed by atoms with Crippen molar-refractivity contribution in [2.45, 2.75) is 26.3 Å². The average Bonchev–Trinajstić information content (AvgIpc) is 2.43. The van der Waals surface area contributed by atoms with Gasteiger partial charge in [-0.25, -0.2) is 0 Å². The van der Waals surface area contributed by atoms with Gasteiger partial charge < -0.3 is 10.1 Å². The van der Waals surface area contributed by atoms with Crippen molar-refractivity contribution in [3.8, 4) is 11.5 Å². The molecule has 0 saturated carbocycles. The first-order valence-electron chi connectivity index (χ1n) is 6.82. The van der Waals surface area contributed by atoms with Crippen LogP contribution < -0.4 is 10.1 Å². The van der Waals surface area contributed by atoms with Gasteiger partial charge in [0.25, 0.3) is 0 Å². The Labute approximate surface area is 125 Å². The molecule has 0 bridgehead atoms. The topological polar surface area (TPSA) is 21.3 Å². The van der Waals surface area contributed by atoms with E-state index in [0.717, 1.165) is 22.1 Å². The van der Waals surface area contributed by atoms with Crippen LogP contribution in [-0.4, -0.2) is 7.05 Å². The minimum atomic E-state index is 0.415. The molecule has 2 aromatic rings. The molecule has 0 aromatic heterocycles. The lowest BCUT2D eigenvalue weighted by molar-refractivity contribution is 0.465. The van der Waals surface area contributed by atoms with E-state index in [1.165, 1.54) is 5.56 Å². The summed E-state index contributed by atoms with van der Waals surface area (Å²) in [5, 5.41) is 3.85. The molecule has 106 valence electrons. The SMILES string of the molecule is CNCc1c(Cl)cccc1Oc1ccccc1C(C)C. The van der Waals surface area contributed by atoms with Gasteiger partial charge in [-0.3, -0.25) is 0 Å². The van der Waals surface area contributed by atoms with Gasteiger partial charge in [-0.15, -0.1) is 0 Å².